The highest BCUT2D eigenvalue weighted by Crippen LogP contribution is 2.12. The Balaban J connectivity index is 2.74. The van der Waals surface area contributed by atoms with E-state index >= 15 is 0 Å². The Morgan fingerprint density at radius 2 is 2.33 bits per heavy atom. The Labute approximate surface area is 89.2 Å². The Kier molecular flexibility index (Phi) is 4.26. The fourth-order valence-corrected chi connectivity index (χ4v) is 1.18. The molecular formula is C9H17N5O. The van der Waals surface area contributed by atoms with Gasteiger partial charge in [-0.15, -0.1) is 0 Å². The first-order valence-corrected chi connectivity index (χ1v) is 4.73. The lowest BCUT2D eigenvalue weighted by molar-refractivity contribution is 0.190. The van der Waals surface area contributed by atoms with Gasteiger partial charge in [-0.05, 0) is 13.8 Å². The number of hydrogen-bond acceptors (Lipinski definition) is 6. The maximum atomic E-state index is 5.23. The van der Waals surface area contributed by atoms with Crippen LogP contribution in [0.1, 0.15) is 12.5 Å². The summed E-state index contributed by atoms with van der Waals surface area (Å²) in [4.78, 5) is 8.19. The zero-order valence-corrected chi connectivity index (χ0v) is 9.24. The molecule has 0 bridgehead atoms. The Morgan fingerprint density at radius 3 is 2.93 bits per heavy atom. The van der Waals surface area contributed by atoms with Gasteiger partial charge in [-0.3, -0.25) is 5.43 Å². The van der Waals surface area contributed by atoms with Gasteiger partial charge in [-0.2, -0.15) is 4.98 Å². The molecule has 0 aliphatic heterocycles. The standard InChI is InChI=1S/C9H17N5O/c1-6-4-11-9(14-10)13-8(6)12-7(2)5-15-3/h4,7H,5,10H2,1-3H3,(H2,11,12,13,14). The summed E-state index contributed by atoms with van der Waals surface area (Å²) in [5.41, 5.74) is 3.38. The van der Waals surface area contributed by atoms with Gasteiger partial charge in [0.05, 0.1) is 6.61 Å². The molecule has 1 aromatic rings. The average Bonchev–Trinajstić information content (AvgIpc) is 2.21. The van der Waals surface area contributed by atoms with Crippen molar-refractivity contribution in [3.05, 3.63) is 11.8 Å². The molecule has 4 N–H and O–H groups in total. The number of nitrogens with zero attached hydrogens (tertiary/aromatic N) is 2. The molecule has 1 aromatic heterocycles. The van der Waals surface area contributed by atoms with Gasteiger partial charge in [0.1, 0.15) is 5.82 Å². The van der Waals surface area contributed by atoms with E-state index in [4.69, 9.17) is 10.6 Å². The van der Waals surface area contributed by atoms with Gasteiger partial charge >= 0.3 is 0 Å². The van der Waals surface area contributed by atoms with Crippen LogP contribution >= 0.6 is 0 Å². The molecule has 0 fully saturated rings. The Hall–Kier alpha value is -1.40. The first-order valence-electron chi connectivity index (χ1n) is 4.73. The molecule has 6 heteroatoms. The first-order chi connectivity index (χ1) is 7.17. The second-order valence-electron chi connectivity index (χ2n) is 3.37. The van der Waals surface area contributed by atoms with Gasteiger partial charge in [0.2, 0.25) is 5.95 Å². The first kappa shape index (κ1) is 11.7. The van der Waals surface area contributed by atoms with Crippen molar-refractivity contribution < 1.29 is 4.74 Å². The Bertz CT molecular complexity index is 317. The van der Waals surface area contributed by atoms with Crippen molar-refractivity contribution in [3.63, 3.8) is 0 Å². The molecule has 1 rings (SSSR count). The van der Waals surface area contributed by atoms with E-state index in [1.54, 1.807) is 13.3 Å². The van der Waals surface area contributed by atoms with E-state index in [0.29, 0.717) is 12.6 Å². The van der Waals surface area contributed by atoms with E-state index in [1.165, 1.54) is 0 Å². The van der Waals surface area contributed by atoms with Gasteiger partial charge < -0.3 is 10.1 Å². The van der Waals surface area contributed by atoms with Gasteiger partial charge in [0, 0.05) is 24.9 Å². The van der Waals surface area contributed by atoms with Crippen LogP contribution in [0.5, 0.6) is 0 Å². The van der Waals surface area contributed by atoms with Crippen molar-refractivity contribution in [1.82, 2.24) is 9.97 Å². The van der Waals surface area contributed by atoms with Crippen molar-refractivity contribution in [2.75, 3.05) is 24.5 Å². The molecule has 0 amide bonds. The number of nitrogen functional groups attached to an aromatic ring is 1. The second-order valence-corrected chi connectivity index (χ2v) is 3.37. The van der Waals surface area contributed by atoms with E-state index in [0.717, 1.165) is 11.4 Å². The quantitative estimate of drug-likeness (QED) is 0.486. The van der Waals surface area contributed by atoms with E-state index in [2.05, 4.69) is 20.7 Å². The number of rotatable bonds is 5. The van der Waals surface area contributed by atoms with Crippen LogP contribution in [0.4, 0.5) is 11.8 Å². The summed E-state index contributed by atoms with van der Waals surface area (Å²) in [6, 6.07) is 0.189. The molecule has 6 nitrogen and oxygen atoms in total. The van der Waals surface area contributed by atoms with Crippen LogP contribution < -0.4 is 16.6 Å². The van der Waals surface area contributed by atoms with Crippen molar-refractivity contribution in [3.8, 4) is 0 Å². The smallest absolute Gasteiger partial charge is 0.239 e. The molecule has 84 valence electrons. The summed E-state index contributed by atoms with van der Waals surface area (Å²) in [5.74, 6) is 6.39. The summed E-state index contributed by atoms with van der Waals surface area (Å²) in [5, 5.41) is 3.21. The minimum Gasteiger partial charge on any atom is -0.383 e. The number of ether oxygens (including phenoxy) is 1. The van der Waals surface area contributed by atoms with Crippen LogP contribution in [0.2, 0.25) is 0 Å². The van der Waals surface area contributed by atoms with Crippen LogP contribution in [-0.4, -0.2) is 29.7 Å². The van der Waals surface area contributed by atoms with Crippen molar-refractivity contribution in [2.45, 2.75) is 19.9 Å². The maximum absolute atomic E-state index is 5.23. The Morgan fingerprint density at radius 1 is 1.60 bits per heavy atom. The number of nitrogens with one attached hydrogen (secondary N) is 2. The minimum atomic E-state index is 0.189. The van der Waals surface area contributed by atoms with Crippen molar-refractivity contribution in [1.29, 1.82) is 0 Å². The third kappa shape index (κ3) is 3.34. The third-order valence-corrected chi connectivity index (χ3v) is 1.90. The number of methoxy groups -OCH3 is 1. The third-order valence-electron chi connectivity index (χ3n) is 1.90. The van der Waals surface area contributed by atoms with Crippen LogP contribution in [0.25, 0.3) is 0 Å². The van der Waals surface area contributed by atoms with Crippen LogP contribution in [0.15, 0.2) is 6.20 Å². The van der Waals surface area contributed by atoms with Crippen molar-refractivity contribution in [2.24, 2.45) is 5.84 Å². The second kappa shape index (κ2) is 5.47. The van der Waals surface area contributed by atoms with Crippen LogP contribution in [-0.2, 0) is 4.74 Å². The maximum Gasteiger partial charge on any atom is 0.239 e. The molecule has 15 heavy (non-hydrogen) atoms. The number of anilines is 2. The van der Waals surface area contributed by atoms with Crippen molar-refractivity contribution >= 4 is 11.8 Å². The summed E-state index contributed by atoms with van der Waals surface area (Å²) in [7, 11) is 1.66. The van der Waals surface area contributed by atoms with Gasteiger partial charge in [-0.1, -0.05) is 0 Å². The molecule has 0 saturated carbocycles. The SMILES string of the molecule is COCC(C)Nc1nc(NN)ncc1C. The van der Waals surface area contributed by atoms with Gasteiger partial charge in [-0.25, -0.2) is 10.8 Å². The molecule has 1 unspecified atom stereocenters. The van der Waals surface area contributed by atoms with Crippen LogP contribution in [0, 0.1) is 6.92 Å². The predicted octanol–water partition coefficient (Wildman–Crippen LogP) is 0.517. The highest BCUT2D eigenvalue weighted by molar-refractivity contribution is 5.46. The lowest BCUT2D eigenvalue weighted by Gasteiger charge is -2.15. The highest BCUT2D eigenvalue weighted by Gasteiger charge is 2.06. The number of nitrogens with two attached hydrogens (primary N) is 1. The number of hydrogen-bond donors (Lipinski definition) is 3. The van der Waals surface area contributed by atoms with Crippen LogP contribution in [0.3, 0.4) is 0 Å². The fourth-order valence-electron chi connectivity index (χ4n) is 1.18. The molecule has 0 radical (unpaired) electrons. The highest BCUT2D eigenvalue weighted by atomic mass is 16.5. The topological polar surface area (TPSA) is 85.1 Å². The molecule has 1 heterocycles. The largest absolute Gasteiger partial charge is 0.383 e. The van der Waals surface area contributed by atoms with Gasteiger partial charge in [0.15, 0.2) is 0 Å². The average molecular weight is 211 g/mol. The fraction of sp³-hybridized carbons (Fsp3) is 0.556. The molecule has 0 aliphatic carbocycles. The monoisotopic (exact) mass is 211 g/mol. The zero-order valence-electron chi connectivity index (χ0n) is 9.24. The molecule has 0 saturated heterocycles. The van der Waals surface area contributed by atoms with E-state index < -0.39 is 0 Å². The molecule has 1 atom stereocenters. The van der Waals surface area contributed by atoms with E-state index in [1.807, 2.05) is 13.8 Å². The lowest BCUT2D eigenvalue weighted by Crippen LogP contribution is -2.23. The zero-order chi connectivity index (χ0) is 11.3. The summed E-state index contributed by atoms with van der Waals surface area (Å²) in [6.45, 7) is 4.57. The summed E-state index contributed by atoms with van der Waals surface area (Å²) < 4.78 is 5.03. The molecule has 0 aromatic carbocycles. The lowest BCUT2D eigenvalue weighted by atomic mass is 10.3. The van der Waals surface area contributed by atoms with E-state index in [-0.39, 0.29) is 6.04 Å². The number of hydrazine groups is 1. The number of aryl methyl sites for hydroxylation is 1. The predicted molar refractivity (Wildman–Crippen MR) is 59.5 cm³/mol. The minimum absolute atomic E-state index is 0.189. The number of aromatic nitrogens is 2. The molecular weight excluding hydrogens is 194 g/mol. The molecule has 0 aliphatic rings. The normalized spacial score (nSPS) is 12.3. The van der Waals surface area contributed by atoms with E-state index in [9.17, 15) is 0 Å². The van der Waals surface area contributed by atoms with Gasteiger partial charge in [0.25, 0.3) is 0 Å². The summed E-state index contributed by atoms with van der Waals surface area (Å²) in [6.07, 6.45) is 1.71. The summed E-state index contributed by atoms with van der Waals surface area (Å²) >= 11 is 0. The molecule has 0 spiro atoms.